The standard InChI is InChI=1S/C20H22N4O3S2/c1-3-10-24(12-17(25)21-15-8-5-4-7-14(15)2)18(26)13-29-20-23-22-19(27-20)16-9-6-11-28-16/h4-9,11H,3,10,12-13H2,1-2H3,(H,21,25). The third-order valence-electron chi connectivity index (χ3n) is 4.06. The highest BCUT2D eigenvalue weighted by atomic mass is 32.2. The molecule has 0 aliphatic heterocycles. The van der Waals surface area contributed by atoms with Crippen LogP contribution < -0.4 is 5.32 Å². The van der Waals surface area contributed by atoms with Crippen LogP contribution in [0.25, 0.3) is 10.8 Å². The molecule has 0 saturated heterocycles. The third-order valence-corrected chi connectivity index (χ3v) is 5.72. The molecule has 3 aromatic rings. The molecule has 0 aliphatic carbocycles. The molecule has 0 radical (unpaired) electrons. The van der Waals surface area contributed by atoms with Crippen LogP contribution in [0.4, 0.5) is 5.69 Å². The Morgan fingerprint density at radius 1 is 1.21 bits per heavy atom. The van der Waals surface area contributed by atoms with Crippen molar-refractivity contribution in [2.45, 2.75) is 25.5 Å². The quantitative estimate of drug-likeness (QED) is 0.515. The minimum absolute atomic E-state index is 0.00580. The van der Waals surface area contributed by atoms with E-state index in [1.54, 1.807) is 4.90 Å². The molecule has 0 fully saturated rings. The molecular formula is C20H22N4O3S2. The van der Waals surface area contributed by atoms with Crippen LogP contribution in [0, 0.1) is 6.92 Å². The molecule has 0 spiro atoms. The van der Waals surface area contributed by atoms with E-state index in [9.17, 15) is 9.59 Å². The number of aryl methyl sites for hydroxylation is 1. The summed E-state index contributed by atoms with van der Waals surface area (Å²) in [6.07, 6.45) is 0.761. The number of carbonyl (C=O) groups excluding carboxylic acids is 2. The Hall–Kier alpha value is -2.65. The van der Waals surface area contributed by atoms with Gasteiger partial charge >= 0.3 is 0 Å². The van der Waals surface area contributed by atoms with Crippen molar-refractivity contribution in [3.05, 3.63) is 47.3 Å². The summed E-state index contributed by atoms with van der Waals surface area (Å²) in [6, 6.07) is 11.4. The van der Waals surface area contributed by atoms with Crippen molar-refractivity contribution in [3.63, 3.8) is 0 Å². The van der Waals surface area contributed by atoms with E-state index >= 15 is 0 Å². The second kappa shape index (κ2) is 10.2. The number of rotatable bonds is 9. The van der Waals surface area contributed by atoms with Crippen LogP contribution in [0.15, 0.2) is 51.4 Å². The van der Waals surface area contributed by atoms with E-state index < -0.39 is 0 Å². The first-order valence-corrected chi connectivity index (χ1v) is 11.1. The van der Waals surface area contributed by atoms with Crippen LogP contribution in [0.1, 0.15) is 18.9 Å². The monoisotopic (exact) mass is 430 g/mol. The fourth-order valence-corrected chi connectivity index (χ4v) is 3.93. The van der Waals surface area contributed by atoms with Gasteiger partial charge in [0.15, 0.2) is 0 Å². The molecule has 2 amide bonds. The van der Waals surface area contributed by atoms with Crippen LogP contribution in [0.2, 0.25) is 0 Å². The molecule has 7 nitrogen and oxygen atoms in total. The number of hydrogen-bond acceptors (Lipinski definition) is 7. The fourth-order valence-electron chi connectivity index (χ4n) is 2.62. The molecule has 0 bridgehead atoms. The van der Waals surface area contributed by atoms with Gasteiger partial charge in [0.05, 0.1) is 17.2 Å². The van der Waals surface area contributed by atoms with Crippen LogP contribution in [0.5, 0.6) is 0 Å². The molecule has 9 heteroatoms. The van der Waals surface area contributed by atoms with E-state index in [1.165, 1.54) is 23.1 Å². The van der Waals surface area contributed by atoms with Crippen LogP contribution >= 0.6 is 23.1 Å². The summed E-state index contributed by atoms with van der Waals surface area (Å²) in [6.45, 7) is 4.41. The summed E-state index contributed by atoms with van der Waals surface area (Å²) in [7, 11) is 0. The zero-order chi connectivity index (χ0) is 20.6. The topological polar surface area (TPSA) is 88.3 Å². The van der Waals surface area contributed by atoms with E-state index in [4.69, 9.17) is 4.42 Å². The number of amides is 2. The lowest BCUT2D eigenvalue weighted by atomic mass is 10.2. The van der Waals surface area contributed by atoms with E-state index in [2.05, 4.69) is 15.5 Å². The second-order valence-corrected chi connectivity index (χ2v) is 8.19. The predicted octanol–water partition coefficient (Wildman–Crippen LogP) is 4.08. The van der Waals surface area contributed by atoms with Crippen molar-refractivity contribution in [2.75, 3.05) is 24.2 Å². The van der Waals surface area contributed by atoms with Gasteiger partial charge in [0.1, 0.15) is 0 Å². The summed E-state index contributed by atoms with van der Waals surface area (Å²) in [5.74, 6) is 0.207. The molecule has 0 saturated carbocycles. The van der Waals surface area contributed by atoms with Gasteiger partial charge in [-0.05, 0) is 36.4 Å². The maximum absolute atomic E-state index is 12.6. The molecule has 3 rings (SSSR count). The van der Waals surface area contributed by atoms with E-state index in [0.717, 1.165) is 22.5 Å². The lowest BCUT2D eigenvalue weighted by Gasteiger charge is -2.21. The summed E-state index contributed by atoms with van der Waals surface area (Å²) in [5, 5.41) is 13.1. The molecule has 1 N–H and O–H groups in total. The average molecular weight is 431 g/mol. The van der Waals surface area contributed by atoms with Crippen LogP contribution in [0.3, 0.4) is 0 Å². The highest BCUT2D eigenvalue weighted by Gasteiger charge is 2.19. The largest absolute Gasteiger partial charge is 0.410 e. The molecule has 152 valence electrons. The van der Waals surface area contributed by atoms with Crippen molar-refractivity contribution >= 4 is 40.6 Å². The van der Waals surface area contributed by atoms with Crippen molar-refractivity contribution < 1.29 is 14.0 Å². The number of carbonyl (C=O) groups is 2. The molecule has 0 aliphatic rings. The van der Waals surface area contributed by atoms with Gasteiger partial charge in [-0.1, -0.05) is 43.0 Å². The van der Waals surface area contributed by atoms with Gasteiger partial charge in [0.2, 0.25) is 11.8 Å². The maximum atomic E-state index is 12.6. The Labute approximate surface area is 177 Å². The smallest absolute Gasteiger partial charge is 0.277 e. The van der Waals surface area contributed by atoms with E-state index in [1.807, 2.05) is 55.6 Å². The SMILES string of the molecule is CCCN(CC(=O)Nc1ccccc1C)C(=O)CSc1nnc(-c2cccs2)o1. The third kappa shape index (κ3) is 5.91. The lowest BCUT2D eigenvalue weighted by molar-refractivity contribution is -0.132. The van der Waals surface area contributed by atoms with Gasteiger partial charge < -0.3 is 14.6 Å². The Balaban J connectivity index is 1.55. The van der Waals surface area contributed by atoms with Gasteiger partial charge in [0.25, 0.3) is 11.1 Å². The number of para-hydroxylation sites is 1. The van der Waals surface area contributed by atoms with Crippen LogP contribution in [-0.2, 0) is 9.59 Å². The number of nitrogens with zero attached hydrogens (tertiary/aromatic N) is 3. The molecule has 2 aromatic heterocycles. The minimum Gasteiger partial charge on any atom is -0.410 e. The van der Waals surface area contributed by atoms with Crippen LogP contribution in [-0.4, -0.2) is 45.8 Å². The minimum atomic E-state index is -0.219. The lowest BCUT2D eigenvalue weighted by Crippen LogP contribution is -2.39. The first-order valence-electron chi connectivity index (χ1n) is 9.20. The highest BCUT2D eigenvalue weighted by Crippen LogP contribution is 2.26. The number of benzene rings is 1. The van der Waals surface area contributed by atoms with Crippen molar-refractivity contribution in [1.82, 2.24) is 15.1 Å². The van der Waals surface area contributed by atoms with Gasteiger partial charge in [-0.15, -0.1) is 21.5 Å². The number of nitrogens with one attached hydrogen (secondary N) is 1. The number of anilines is 1. The predicted molar refractivity (Wildman–Crippen MR) is 115 cm³/mol. The first kappa shape index (κ1) is 21.1. The van der Waals surface area contributed by atoms with Gasteiger partial charge in [-0.25, -0.2) is 0 Å². The van der Waals surface area contributed by atoms with Crippen molar-refractivity contribution in [3.8, 4) is 10.8 Å². The molecule has 1 aromatic carbocycles. The van der Waals surface area contributed by atoms with E-state index in [0.29, 0.717) is 17.7 Å². The number of thioether (sulfide) groups is 1. The maximum Gasteiger partial charge on any atom is 0.277 e. The Morgan fingerprint density at radius 3 is 2.76 bits per heavy atom. The Kier molecular flexibility index (Phi) is 7.42. The molecule has 29 heavy (non-hydrogen) atoms. The number of aromatic nitrogens is 2. The van der Waals surface area contributed by atoms with Gasteiger partial charge in [0, 0.05) is 12.2 Å². The van der Waals surface area contributed by atoms with Gasteiger partial charge in [-0.2, -0.15) is 0 Å². The summed E-state index contributed by atoms with van der Waals surface area (Å²) >= 11 is 2.68. The molecule has 0 atom stereocenters. The number of thiophene rings is 1. The number of hydrogen-bond donors (Lipinski definition) is 1. The summed E-state index contributed by atoms with van der Waals surface area (Å²) in [5.41, 5.74) is 1.73. The summed E-state index contributed by atoms with van der Waals surface area (Å²) in [4.78, 5) is 27.5. The Bertz CT molecular complexity index is 956. The second-order valence-electron chi connectivity index (χ2n) is 6.32. The van der Waals surface area contributed by atoms with Crippen molar-refractivity contribution in [1.29, 1.82) is 0 Å². The molecule has 0 unspecified atom stereocenters. The summed E-state index contributed by atoms with van der Waals surface area (Å²) < 4.78 is 5.59. The first-order chi connectivity index (χ1) is 14.1. The zero-order valence-corrected chi connectivity index (χ0v) is 17.9. The average Bonchev–Trinajstić information content (AvgIpc) is 3.39. The molecule has 2 heterocycles. The normalized spacial score (nSPS) is 10.7. The van der Waals surface area contributed by atoms with Crippen molar-refractivity contribution in [2.24, 2.45) is 0 Å². The van der Waals surface area contributed by atoms with Gasteiger partial charge in [-0.3, -0.25) is 9.59 Å². The highest BCUT2D eigenvalue weighted by molar-refractivity contribution is 7.99. The zero-order valence-electron chi connectivity index (χ0n) is 16.3. The van der Waals surface area contributed by atoms with E-state index in [-0.39, 0.29) is 24.1 Å². The fraction of sp³-hybridized carbons (Fsp3) is 0.300. The Morgan fingerprint density at radius 2 is 2.03 bits per heavy atom. The molecular weight excluding hydrogens is 408 g/mol.